The topological polar surface area (TPSA) is 78.5 Å². The fourth-order valence-corrected chi connectivity index (χ4v) is 3.65. The van der Waals surface area contributed by atoms with Crippen molar-refractivity contribution in [2.24, 2.45) is 0 Å². The molecule has 1 aliphatic rings. The second-order valence-corrected chi connectivity index (χ2v) is 7.45. The molecule has 2 N–H and O–H groups in total. The summed E-state index contributed by atoms with van der Waals surface area (Å²) in [7, 11) is 0. The molecular weight excluding hydrogens is 378 g/mol. The standard InChI is InChI=1S/C24H23N3O3/c1-3-21-23(29)27(24(30)26-21)20-10-6-9-19(14-20)25-22(28)15(2)17-12-11-16-7-4-5-8-18(16)13-17/h4-15,21H,3H2,1-2H3,(H,25,28)(H,26,30). The number of benzene rings is 3. The third-order valence-electron chi connectivity index (χ3n) is 5.47. The van der Waals surface area contributed by atoms with Crippen LogP contribution >= 0.6 is 0 Å². The number of hydrogen-bond acceptors (Lipinski definition) is 3. The van der Waals surface area contributed by atoms with Gasteiger partial charge in [-0.1, -0.05) is 55.5 Å². The van der Waals surface area contributed by atoms with Gasteiger partial charge in [-0.15, -0.1) is 0 Å². The zero-order chi connectivity index (χ0) is 21.3. The summed E-state index contributed by atoms with van der Waals surface area (Å²) in [4.78, 5) is 38.6. The molecule has 2 atom stereocenters. The Morgan fingerprint density at radius 2 is 1.80 bits per heavy atom. The van der Waals surface area contributed by atoms with Gasteiger partial charge in [-0.3, -0.25) is 9.59 Å². The van der Waals surface area contributed by atoms with Crippen LogP contribution in [0, 0.1) is 0 Å². The average molecular weight is 401 g/mol. The summed E-state index contributed by atoms with van der Waals surface area (Å²) < 4.78 is 0. The zero-order valence-electron chi connectivity index (χ0n) is 16.9. The Balaban J connectivity index is 1.52. The first-order valence-corrected chi connectivity index (χ1v) is 10.0. The van der Waals surface area contributed by atoms with E-state index in [9.17, 15) is 14.4 Å². The molecule has 1 fully saturated rings. The Kier molecular flexibility index (Phi) is 5.23. The highest BCUT2D eigenvalue weighted by atomic mass is 16.2. The van der Waals surface area contributed by atoms with Crippen LogP contribution in [0.1, 0.15) is 31.7 Å². The van der Waals surface area contributed by atoms with Crippen LogP contribution in [0.3, 0.4) is 0 Å². The lowest BCUT2D eigenvalue weighted by Crippen LogP contribution is -2.31. The predicted octanol–water partition coefficient (Wildman–Crippen LogP) is 4.42. The summed E-state index contributed by atoms with van der Waals surface area (Å²) in [6.07, 6.45) is 0.529. The summed E-state index contributed by atoms with van der Waals surface area (Å²) >= 11 is 0. The summed E-state index contributed by atoms with van der Waals surface area (Å²) in [5.74, 6) is -0.805. The predicted molar refractivity (Wildman–Crippen MR) is 118 cm³/mol. The Bertz CT molecular complexity index is 1140. The molecule has 4 amide bonds. The van der Waals surface area contributed by atoms with Crippen LogP contribution in [-0.4, -0.2) is 23.9 Å². The molecular formula is C24H23N3O3. The molecule has 30 heavy (non-hydrogen) atoms. The van der Waals surface area contributed by atoms with Crippen LogP contribution in [0.25, 0.3) is 10.8 Å². The van der Waals surface area contributed by atoms with Gasteiger partial charge in [0.25, 0.3) is 5.91 Å². The van der Waals surface area contributed by atoms with E-state index in [4.69, 9.17) is 0 Å². The van der Waals surface area contributed by atoms with E-state index in [0.29, 0.717) is 17.8 Å². The highest BCUT2D eigenvalue weighted by molar-refractivity contribution is 6.21. The van der Waals surface area contributed by atoms with Crippen LogP contribution in [0.4, 0.5) is 16.2 Å². The van der Waals surface area contributed by atoms with Gasteiger partial charge < -0.3 is 10.6 Å². The molecule has 6 nitrogen and oxygen atoms in total. The van der Waals surface area contributed by atoms with Crippen molar-refractivity contribution in [3.05, 3.63) is 72.3 Å². The maximum absolute atomic E-state index is 12.8. The maximum Gasteiger partial charge on any atom is 0.329 e. The van der Waals surface area contributed by atoms with E-state index >= 15 is 0 Å². The highest BCUT2D eigenvalue weighted by Crippen LogP contribution is 2.26. The van der Waals surface area contributed by atoms with Crippen LogP contribution in [-0.2, 0) is 9.59 Å². The van der Waals surface area contributed by atoms with Crippen molar-refractivity contribution in [1.29, 1.82) is 0 Å². The number of anilines is 2. The van der Waals surface area contributed by atoms with Gasteiger partial charge in [0.15, 0.2) is 0 Å². The monoisotopic (exact) mass is 401 g/mol. The van der Waals surface area contributed by atoms with Crippen molar-refractivity contribution < 1.29 is 14.4 Å². The van der Waals surface area contributed by atoms with E-state index in [1.54, 1.807) is 24.3 Å². The van der Waals surface area contributed by atoms with Gasteiger partial charge in [-0.05, 0) is 47.9 Å². The number of fused-ring (bicyclic) bond motifs is 1. The summed E-state index contributed by atoms with van der Waals surface area (Å²) in [5.41, 5.74) is 1.89. The lowest BCUT2D eigenvalue weighted by molar-refractivity contribution is -0.118. The van der Waals surface area contributed by atoms with Crippen molar-refractivity contribution in [3.8, 4) is 0 Å². The van der Waals surface area contributed by atoms with E-state index in [0.717, 1.165) is 21.2 Å². The number of nitrogens with one attached hydrogen (secondary N) is 2. The SMILES string of the molecule is CCC1NC(=O)N(c2cccc(NC(=O)C(C)c3ccc4ccccc4c3)c2)C1=O. The van der Waals surface area contributed by atoms with Crippen LogP contribution in [0.15, 0.2) is 66.7 Å². The molecule has 0 bridgehead atoms. The minimum Gasteiger partial charge on any atom is -0.325 e. The van der Waals surface area contributed by atoms with Crippen molar-refractivity contribution in [2.45, 2.75) is 32.2 Å². The first kappa shape index (κ1) is 19.6. The lowest BCUT2D eigenvalue weighted by Gasteiger charge is -2.16. The Morgan fingerprint density at radius 3 is 2.53 bits per heavy atom. The number of carbonyl (C=O) groups is 3. The molecule has 2 unspecified atom stereocenters. The molecule has 4 rings (SSSR count). The molecule has 0 radical (unpaired) electrons. The second-order valence-electron chi connectivity index (χ2n) is 7.45. The van der Waals surface area contributed by atoms with Gasteiger partial charge in [0, 0.05) is 5.69 Å². The van der Waals surface area contributed by atoms with E-state index in [-0.39, 0.29) is 17.7 Å². The molecule has 0 aromatic heterocycles. The molecule has 1 heterocycles. The molecule has 0 aliphatic carbocycles. The average Bonchev–Trinajstić information content (AvgIpc) is 3.06. The van der Waals surface area contributed by atoms with E-state index in [2.05, 4.69) is 10.6 Å². The molecule has 6 heteroatoms. The smallest absolute Gasteiger partial charge is 0.325 e. The van der Waals surface area contributed by atoms with Crippen molar-refractivity contribution in [3.63, 3.8) is 0 Å². The zero-order valence-corrected chi connectivity index (χ0v) is 16.9. The third-order valence-corrected chi connectivity index (χ3v) is 5.47. The summed E-state index contributed by atoms with van der Waals surface area (Å²) in [5, 5.41) is 7.77. The Hall–Kier alpha value is -3.67. The number of rotatable bonds is 5. The van der Waals surface area contributed by atoms with Crippen molar-refractivity contribution in [2.75, 3.05) is 10.2 Å². The summed E-state index contributed by atoms with van der Waals surface area (Å²) in [6.45, 7) is 3.70. The fraction of sp³-hybridized carbons (Fsp3) is 0.208. The lowest BCUT2D eigenvalue weighted by atomic mass is 9.97. The van der Waals surface area contributed by atoms with Crippen molar-refractivity contribution in [1.82, 2.24) is 5.32 Å². The van der Waals surface area contributed by atoms with Gasteiger partial charge in [0.2, 0.25) is 5.91 Å². The number of imide groups is 1. The fourth-order valence-electron chi connectivity index (χ4n) is 3.65. The maximum atomic E-state index is 12.8. The number of amides is 4. The number of carbonyl (C=O) groups excluding carboxylic acids is 3. The first-order chi connectivity index (χ1) is 14.5. The van der Waals surface area contributed by atoms with Crippen LogP contribution < -0.4 is 15.5 Å². The third kappa shape index (κ3) is 3.64. The number of hydrogen-bond donors (Lipinski definition) is 2. The van der Waals surface area contributed by atoms with Crippen LogP contribution in [0.2, 0.25) is 0 Å². The molecule has 1 aliphatic heterocycles. The van der Waals surface area contributed by atoms with Gasteiger partial charge in [-0.25, -0.2) is 9.69 Å². The molecule has 3 aromatic rings. The van der Waals surface area contributed by atoms with E-state index in [1.807, 2.05) is 56.3 Å². The normalized spacial score (nSPS) is 17.1. The van der Waals surface area contributed by atoms with Crippen molar-refractivity contribution >= 4 is 40.0 Å². The minimum absolute atomic E-state index is 0.161. The minimum atomic E-state index is -0.510. The molecule has 3 aromatic carbocycles. The van der Waals surface area contributed by atoms with E-state index < -0.39 is 12.1 Å². The van der Waals surface area contributed by atoms with Gasteiger partial charge >= 0.3 is 6.03 Å². The number of nitrogens with zero attached hydrogens (tertiary/aromatic N) is 1. The van der Waals surface area contributed by atoms with Gasteiger partial charge in [0.1, 0.15) is 6.04 Å². The van der Waals surface area contributed by atoms with Gasteiger partial charge in [0.05, 0.1) is 11.6 Å². The van der Waals surface area contributed by atoms with E-state index in [1.165, 1.54) is 0 Å². The molecule has 152 valence electrons. The first-order valence-electron chi connectivity index (χ1n) is 10.0. The highest BCUT2D eigenvalue weighted by Gasteiger charge is 2.37. The van der Waals surface area contributed by atoms with Crippen LogP contribution in [0.5, 0.6) is 0 Å². The molecule has 0 saturated carbocycles. The Labute approximate surface area is 174 Å². The quantitative estimate of drug-likeness (QED) is 0.622. The second kappa shape index (κ2) is 7.99. The molecule has 1 saturated heterocycles. The van der Waals surface area contributed by atoms with Gasteiger partial charge in [-0.2, -0.15) is 0 Å². The largest absolute Gasteiger partial charge is 0.329 e. The molecule has 0 spiro atoms. The summed E-state index contributed by atoms with van der Waals surface area (Å²) in [6, 6.07) is 19.8. The Morgan fingerprint density at radius 1 is 1.03 bits per heavy atom. The number of urea groups is 1.